The van der Waals surface area contributed by atoms with Crippen molar-refractivity contribution < 1.29 is 12.8 Å². The molecule has 0 fully saturated rings. The minimum atomic E-state index is -3.40. The summed E-state index contributed by atoms with van der Waals surface area (Å²) in [6.45, 7) is 5.37. The van der Waals surface area contributed by atoms with Crippen LogP contribution in [0, 0.1) is 13.8 Å². The SMILES string of the molecule is Cc1cc(C(C)NS(=O)(=O)CCl)c(C)o1. The average molecular weight is 252 g/mol. The first-order valence-corrected chi connectivity index (χ1v) is 6.67. The van der Waals surface area contributed by atoms with Crippen LogP contribution in [0.15, 0.2) is 10.5 Å². The van der Waals surface area contributed by atoms with Gasteiger partial charge < -0.3 is 4.42 Å². The van der Waals surface area contributed by atoms with Crippen LogP contribution in [-0.4, -0.2) is 13.6 Å². The second-order valence-corrected chi connectivity index (χ2v) is 5.77. The maximum atomic E-state index is 11.2. The summed E-state index contributed by atoms with van der Waals surface area (Å²) < 4.78 is 30.2. The molecule has 1 rings (SSSR count). The molecular formula is C9H14ClNO3S. The fourth-order valence-electron chi connectivity index (χ4n) is 1.44. The van der Waals surface area contributed by atoms with Crippen molar-refractivity contribution in [3.05, 3.63) is 23.2 Å². The van der Waals surface area contributed by atoms with Gasteiger partial charge in [-0.15, -0.1) is 11.6 Å². The van der Waals surface area contributed by atoms with Crippen LogP contribution in [-0.2, 0) is 10.0 Å². The number of rotatable bonds is 4. The molecule has 15 heavy (non-hydrogen) atoms. The summed E-state index contributed by atoms with van der Waals surface area (Å²) >= 11 is 5.30. The molecule has 1 atom stereocenters. The molecule has 1 heterocycles. The van der Waals surface area contributed by atoms with E-state index in [-0.39, 0.29) is 6.04 Å². The molecular weight excluding hydrogens is 238 g/mol. The lowest BCUT2D eigenvalue weighted by Gasteiger charge is -2.11. The smallest absolute Gasteiger partial charge is 0.226 e. The zero-order valence-electron chi connectivity index (χ0n) is 8.87. The Hall–Kier alpha value is -0.520. The van der Waals surface area contributed by atoms with Crippen LogP contribution in [0.3, 0.4) is 0 Å². The lowest BCUT2D eigenvalue weighted by Crippen LogP contribution is -2.27. The van der Waals surface area contributed by atoms with Crippen molar-refractivity contribution in [2.45, 2.75) is 26.8 Å². The molecule has 1 unspecified atom stereocenters. The van der Waals surface area contributed by atoms with Crippen molar-refractivity contribution in [2.24, 2.45) is 0 Å². The molecule has 0 aliphatic carbocycles. The van der Waals surface area contributed by atoms with E-state index in [4.69, 9.17) is 16.0 Å². The maximum absolute atomic E-state index is 11.2. The summed E-state index contributed by atoms with van der Waals surface area (Å²) in [5.41, 5.74) is 0.834. The van der Waals surface area contributed by atoms with Crippen molar-refractivity contribution >= 4 is 21.6 Å². The van der Waals surface area contributed by atoms with Gasteiger partial charge in [-0.3, -0.25) is 0 Å². The van der Waals surface area contributed by atoms with Crippen LogP contribution in [0.25, 0.3) is 0 Å². The summed E-state index contributed by atoms with van der Waals surface area (Å²) in [6, 6.07) is 1.49. The van der Waals surface area contributed by atoms with E-state index in [0.717, 1.165) is 17.1 Å². The van der Waals surface area contributed by atoms with E-state index in [9.17, 15) is 8.42 Å². The van der Waals surface area contributed by atoms with Crippen molar-refractivity contribution in [3.8, 4) is 0 Å². The van der Waals surface area contributed by atoms with Gasteiger partial charge in [0.1, 0.15) is 16.7 Å². The third kappa shape index (κ3) is 3.22. The zero-order chi connectivity index (χ0) is 11.6. The quantitative estimate of drug-likeness (QED) is 0.834. The van der Waals surface area contributed by atoms with Crippen LogP contribution in [0.2, 0.25) is 0 Å². The van der Waals surface area contributed by atoms with E-state index < -0.39 is 15.2 Å². The molecule has 1 N–H and O–H groups in total. The largest absolute Gasteiger partial charge is 0.466 e. The van der Waals surface area contributed by atoms with Gasteiger partial charge in [-0.25, -0.2) is 13.1 Å². The van der Waals surface area contributed by atoms with Gasteiger partial charge in [-0.1, -0.05) is 0 Å². The molecule has 1 aromatic rings. The molecule has 0 aromatic carbocycles. The minimum absolute atomic E-state index is 0.328. The Morgan fingerprint density at radius 3 is 2.53 bits per heavy atom. The van der Waals surface area contributed by atoms with Gasteiger partial charge in [0.05, 0.1) is 0 Å². The number of nitrogens with one attached hydrogen (secondary N) is 1. The number of hydrogen-bond donors (Lipinski definition) is 1. The molecule has 0 saturated heterocycles. The summed E-state index contributed by atoms with van der Waals surface area (Å²) in [6.07, 6.45) is 0. The summed E-state index contributed by atoms with van der Waals surface area (Å²) in [5.74, 6) is 1.48. The molecule has 0 spiro atoms. The highest BCUT2D eigenvalue weighted by Crippen LogP contribution is 2.21. The maximum Gasteiger partial charge on any atom is 0.226 e. The molecule has 1 aromatic heterocycles. The fourth-order valence-corrected chi connectivity index (χ4v) is 2.36. The standard InChI is InChI=1S/C9H14ClNO3S/c1-6-4-9(8(3)14-6)7(2)11-15(12,13)5-10/h4,7,11H,5H2,1-3H3. The van der Waals surface area contributed by atoms with Gasteiger partial charge in [-0.2, -0.15) is 0 Å². The molecule has 0 aliphatic rings. The van der Waals surface area contributed by atoms with Crippen LogP contribution in [0.1, 0.15) is 30.0 Å². The second kappa shape index (κ2) is 4.55. The van der Waals surface area contributed by atoms with Crippen molar-refractivity contribution in [1.29, 1.82) is 0 Å². The van der Waals surface area contributed by atoms with Crippen molar-refractivity contribution in [3.63, 3.8) is 0 Å². The van der Waals surface area contributed by atoms with E-state index >= 15 is 0 Å². The number of furan rings is 1. The predicted octanol–water partition coefficient (Wildman–Crippen LogP) is 2.07. The summed E-state index contributed by atoms with van der Waals surface area (Å²) in [4.78, 5) is 0. The molecule has 0 bridgehead atoms. The van der Waals surface area contributed by atoms with Crippen LogP contribution in [0.4, 0.5) is 0 Å². The first kappa shape index (κ1) is 12.5. The van der Waals surface area contributed by atoms with Gasteiger partial charge in [0.15, 0.2) is 0 Å². The van der Waals surface area contributed by atoms with E-state index in [2.05, 4.69) is 4.72 Å². The highest BCUT2D eigenvalue weighted by molar-refractivity contribution is 7.90. The van der Waals surface area contributed by atoms with Crippen LogP contribution >= 0.6 is 11.6 Å². The summed E-state index contributed by atoms with van der Waals surface area (Å²) in [7, 11) is -3.40. The Bertz CT molecular complexity index is 438. The third-order valence-corrected chi connectivity index (χ3v) is 3.91. The van der Waals surface area contributed by atoms with E-state index in [0.29, 0.717) is 0 Å². The molecule has 86 valence electrons. The Kier molecular flexibility index (Phi) is 3.81. The van der Waals surface area contributed by atoms with Gasteiger partial charge in [0.25, 0.3) is 0 Å². The Morgan fingerprint density at radius 2 is 2.13 bits per heavy atom. The molecule has 6 heteroatoms. The number of aryl methyl sites for hydroxylation is 2. The molecule has 0 radical (unpaired) electrons. The molecule has 0 saturated carbocycles. The van der Waals surface area contributed by atoms with E-state index in [1.54, 1.807) is 13.8 Å². The van der Waals surface area contributed by atoms with Gasteiger partial charge in [-0.05, 0) is 26.8 Å². The van der Waals surface area contributed by atoms with Crippen molar-refractivity contribution in [1.82, 2.24) is 4.72 Å². The van der Waals surface area contributed by atoms with Gasteiger partial charge in [0.2, 0.25) is 10.0 Å². The third-order valence-electron chi connectivity index (χ3n) is 2.05. The fraction of sp³-hybridized carbons (Fsp3) is 0.556. The first-order chi connectivity index (χ1) is 6.85. The Morgan fingerprint density at radius 1 is 1.53 bits per heavy atom. The topological polar surface area (TPSA) is 59.3 Å². The lowest BCUT2D eigenvalue weighted by atomic mass is 10.1. The van der Waals surface area contributed by atoms with Gasteiger partial charge >= 0.3 is 0 Å². The number of sulfonamides is 1. The Labute approximate surface area is 94.7 Å². The second-order valence-electron chi connectivity index (χ2n) is 3.43. The number of hydrogen-bond acceptors (Lipinski definition) is 3. The van der Waals surface area contributed by atoms with Crippen molar-refractivity contribution in [2.75, 3.05) is 5.21 Å². The normalized spacial score (nSPS) is 14.1. The first-order valence-electron chi connectivity index (χ1n) is 4.48. The highest BCUT2D eigenvalue weighted by atomic mass is 35.5. The predicted molar refractivity (Wildman–Crippen MR) is 59.4 cm³/mol. The molecule has 4 nitrogen and oxygen atoms in total. The number of alkyl halides is 1. The Balaban J connectivity index is 2.86. The lowest BCUT2D eigenvalue weighted by molar-refractivity contribution is 0.496. The monoisotopic (exact) mass is 251 g/mol. The van der Waals surface area contributed by atoms with E-state index in [1.165, 1.54) is 0 Å². The molecule has 0 aliphatic heterocycles. The highest BCUT2D eigenvalue weighted by Gasteiger charge is 2.18. The van der Waals surface area contributed by atoms with Crippen LogP contribution < -0.4 is 4.72 Å². The van der Waals surface area contributed by atoms with Gasteiger partial charge in [0, 0.05) is 11.6 Å². The zero-order valence-corrected chi connectivity index (χ0v) is 10.4. The van der Waals surface area contributed by atoms with Crippen LogP contribution in [0.5, 0.6) is 0 Å². The minimum Gasteiger partial charge on any atom is -0.466 e. The van der Waals surface area contributed by atoms with E-state index in [1.807, 2.05) is 13.0 Å². The molecule has 0 amide bonds. The average Bonchev–Trinajstić information content (AvgIpc) is 2.45. The number of halogens is 1. The summed E-state index contributed by atoms with van der Waals surface area (Å²) in [5, 5.41) is -0.437.